The average Bonchev–Trinajstić information content (AvgIpc) is 0.864. The van der Waals surface area contributed by atoms with Crippen molar-refractivity contribution in [3.63, 3.8) is 0 Å². The largest absolute Gasteiger partial charge is 0.494 e. The van der Waals surface area contributed by atoms with E-state index in [1.807, 2.05) is 162 Å². The summed E-state index contributed by atoms with van der Waals surface area (Å²) < 4.78 is 90.2. The molecule has 3 atom stereocenters. The highest BCUT2D eigenvalue weighted by atomic mass is 127. The van der Waals surface area contributed by atoms with Gasteiger partial charge in [-0.15, -0.1) is 0 Å². The second kappa shape index (κ2) is 81.4. The van der Waals surface area contributed by atoms with Gasteiger partial charge in [-0.05, 0) is 367 Å². The smallest absolute Gasteiger partial charge is 0.469 e. The minimum absolute atomic E-state index is 0.211. The lowest BCUT2D eigenvalue weighted by Crippen LogP contribution is -2.48. The molecule has 3 unspecified atom stereocenters. The molecule has 0 saturated heterocycles. The van der Waals surface area contributed by atoms with Crippen molar-refractivity contribution < 1.29 is 131 Å². The first-order valence-electron chi connectivity index (χ1n) is 47.7. The number of aliphatic hydroxyl groups excluding tert-OH is 9. The molecule has 0 aliphatic rings. The molecular formula is C102H159I6N6O27P3. The van der Waals surface area contributed by atoms with E-state index >= 15 is 0 Å². The quantitative estimate of drug-likeness (QED) is 0.00958. The van der Waals surface area contributed by atoms with Crippen LogP contribution in [0.4, 0.5) is 0 Å². The Morgan fingerprint density at radius 3 is 0.556 bits per heavy atom. The predicted molar refractivity (Wildman–Crippen MR) is 623 cm³/mol. The number of ether oxygens (including phenoxy) is 6. The molecule has 0 saturated carbocycles. The van der Waals surface area contributed by atoms with Gasteiger partial charge in [-0.2, -0.15) is 0 Å². The van der Waals surface area contributed by atoms with Gasteiger partial charge in [-0.1, -0.05) is 201 Å². The normalized spacial score (nSPS) is 13.2. The molecule has 33 nitrogen and oxygen atoms in total. The standard InChI is InChI=1S/3C17H27INO6P.3C17H26INO3/c1-14(18)4-2-3-11-24-16-7-5-15(6-8-16)9-10-17(19,12-20)13-25-26(21,22)23;2*18-11-3-1-2-4-12-24-16-7-5-15(6-8-16)9-10-17(19,13-20)14-25-26(21,22)23;1-14(18)4-2-3-11-22-16-7-5-15(6-8-16)9-10-17(19,12-20)13-21;2*18-11-3-1-2-4-12-22-16-7-5-15(6-8-16)9-10-17(19,13-20)14-21/h5-8,20H,1-4,9-13,19H2,(H2,21,22,23);2*3,5-8,11,20H,1-2,4,9-10,12-14,19H2,(H2,21,22,23);5-8,20-21H,1-4,9-13,19H2;2*3,5-8,11,20-21H,1-2,4,9-10,12-14,19H2/b;11-3+;11-3-;;11-3+;11-3-. The van der Waals surface area contributed by atoms with Crippen molar-refractivity contribution >= 4 is 159 Å². The van der Waals surface area contributed by atoms with Crippen LogP contribution in [-0.4, -0.2) is 227 Å². The van der Waals surface area contributed by atoms with Gasteiger partial charge in [0.1, 0.15) is 34.5 Å². The molecule has 0 spiro atoms. The number of phosphoric acid groups is 3. The monoisotopic (exact) mass is 2750 g/mol. The molecule has 816 valence electrons. The summed E-state index contributed by atoms with van der Waals surface area (Å²) in [7, 11) is -13.8. The van der Waals surface area contributed by atoms with Crippen LogP contribution in [0.2, 0.25) is 0 Å². The summed E-state index contributed by atoms with van der Waals surface area (Å²) >= 11 is 13.4. The molecule has 0 amide bonds. The lowest BCUT2D eigenvalue weighted by molar-refractivity contribution is 0.101. The van der Waals surface area contributed by atoms with E-state index in [0.717, 1.165) is 220 Å². The van der Waals surface area contributed by atoms with Crippen LogP contribution in [0.5, 0.6) is 34.5 Å². The summed E-state index contributed by atoms with van der Waals surface area (Å²) in [6, 6.07) is 46.4. The number of aryl methyl sites for hydroxylation is 6. The second-order valence-electron chi connectivity index (χ2n) is 35.2. The molecule has 6 rings (SSSR count). The molecule has 0 aromatic heterocycles. The van der Waals surface area contributed by atoms with Crippen molar-refractivity contribution in [2.24, 2.45) is 34.4 Å². The van der Waals surface area contributed by atoms with Crippen LogP contribution < -0.4 is 62.8 Å². The number of allylic oxidation sites excluding steroid dienone is 6. The zero-order valence-corrected chi connectivity index (χ0v) is 98.1. The van der Waals surface area contributed by atoms with E-state index in [-0.39, 0.29) is 39.6 Å². The Labute approximate surface area is 934 Å². The third-order valence-electron chi connectivity index (χ3n) is 22.1. The average molecular weight is 2760 g/mol. The number of hydrogen-bond donors (Lipinski definition) is 21. The molecular weight excluding hydrogens is 2600 g/mol. The Bertz CT molecular complexity index is 4380. The van der Waals surface area contributed by atoms with Crippen LogP contribution in [0.3, 0.4) is 0 Å². The predicted octanol–water partition coefficient (Wildman–Crippen LogP) is 17.1. The van der Waals surface area contributed by atoms with E-state index < -0.39 is 96.3 Å². The molecule has 27 N–H and O–H groups in total. The topological polar surface area (TPSA) is 594 Å². The maximum absolute atomic E-state index is 10.8. The zero-order chi connectivity index (χ0) is 108. The summed E-state index contributed by atoms with van der Waals surface area (Å²) in [4.78, 5) is 52.5. The molecule has 0 aliphatic heterocycles. The fraction of sp³-hybridized carbons (Fsp3) is 0.529. The van der Waals surface area contributed by atoms with Gasteiger partial charge in [0.25, 0.3) is 0 Å². The highest BCUT2D eigenvalue weighted by Crippen LogP contribution is 2.40. The van der Waals surface area contributed by atoms with Crippen LogP contribution in [0.25, 0.3) is 0 Å². The summed E-state index contributed by atoms with van der Waals surface area (Å²) in [6.07, 6.45) is 34.0. The molecule has 0 aliphatic carbocycles. The van der Waals surface area contributed by atoms with Crippen molar-refractivity contribution in [1.82, 2.24) is 0 Å². The molecule has 0 bridgehead atoms. The maximum Gasteiger partial charge on any atom is 0.469 e. The van der Waals surface area contributed by atoms with Crippen molar-refractivity contribution in [1.29, 1.82) is 0 Å². The van der Waals surface area contributed by atoms with Crippen molar-refractivity contribution in [2.75, 3.05) is 119 Å². The number of phosphoric ester groups is 3. The fourth-order valence-electron chi connectivity index (χ4n) is 12.4. The minimum Gasteiger partial charge on any atom is -0.494 e. The molecule has 0 radical (unpaired) electrons. The molecule has 6 aromatic rings. The number of benzene rings is 6. The van der Waals surface area contributed by atoms with Crippen LogP contribution in [0, 0.1) is 0 Å². The summed E-state index contributed by atoms with van der Waals surface area (Å²) in [5.74, 6) is 4.98. The lowest BCUT2D eigenvalue weighted by Gasteiger charge is -2.27. The molecule has 6 aromatic carbocycles. The summed E-state index contributed by atoms with van der Waals surface area (Å²) in [5.41, 5.74) is 35.4. The lowest BCUT2D eigenvalue weighted by atomic mass is 9.94. The molecule has 0 fully saturated rings. The molecule has 0 heterocycles. The number of rotatable bonds is 72. The van der Waals surface area contributed by atoms with Gasteiger partial charge in [-0.25, -0.2) is 13.7 Å². The highest BCUT2D eigenvalue weighted by molar-refractivity contribution is 14.1. The first kappa shape index (κ1) is 139. The Balaban J connectivity index is 0.000000865. The number of aliphatic hydroxyl groups is 9. The summed E-state index contributed by atoms with van der Waals surface area (Å²) in [6.45, 7) is 8.09. The van der Waals surface area contributed by atoms with E-state index in [2.05, 4.69) is 187 Å². The number of halogens is 6. The van der Waals surface area contributed by atoms with Crippen molar-refractivity contribution in [3.05, 3.63) is 240 Å². The highest BCUT2D eigenvalue weighted by Gasteiger charge is 2.33. The minimum atomic E-state index is -4.61. The van der Waals surface area contributed by atoms with E-state index in [0.29, 0.717) is 84.2 Å². The van der Waals surface area contributed by atoms with E-state index in [1.165, 1.54) is 3.58 Å². The van der Waals surface area contributed by atoms with E-state index in [9.17, 15) is 59.7 Å². The fourth-order valence-corrected chi connectivity index (χ4v) is 15.9. The summed E-state index contributed by atoms with van der Waals surface area (Å²) in [5, 5.41) is 83.2. The van der Waals surface area contributed by atoms with Gasteiger partial charge in [0.15, 0.2) is 0 Å². The van der Waals surface area contributed by atoms with Gasteiger partial charge < -0.3 is 138 Å². The zero-order valence-electron chi connectivity index (χ0n) is 82.5. The Morgan fingerprint density at radius 2 is 0.417 bits per heavy atom. The third kappa shape index (κ3) is 73.8. The Kier molecular flexibility index (Phi) is 78.4. The Hall–Kier alpha value is -3.33. The maximum atomic E-state index is 10.8. The van der Waals surface area contributed by atoms with Crippen LogP contribution in [0.1, 0.15) is 187 Å². The van der Waals surface area contributed by atoms with Crippen LogP contribution in [-0.2, 0) is 65.8 Å². The number of hydrogen-bond acceptors (Lipinski definition) is 27. The van der Waals surface area contributed by atoms with E-state index in [4.69, 9.17) is 92.2 Å². The first-order valence-corrected chi connectivity index (χ1v) is 59.5. The Morgan fingerprint density at radius 1 is 0.264 bits per heavy atom. The number of nitrogens with two attached hydrogens (primary N) is 6. The van der Waals surface area contributed by atoms with Gasteiger partial charge in [0.2, 0.25) is 0 Å². The SMILES string of the molecule is C=C(I)CCCCOc1ccc(CCC(N)(CO)CO)cc1.C=C(I)CCCCOc1ccc(CCC(N)(CO)COP(=O)(O)O)cc1.NC(CO)(CCc1ccc(OCCCC/C=C/I)cc1)COP(=O)(O)O.NC(CO)(CCc1ccc(OCCCC/C=C\I)cc1)COP(=O)(O)O.NC(CO)(CO)CCc1ccc(OCCCC/C=C/I)cc1.NC(CO)(CO)CCc1ccc(OCCCC/C=C\I)cc1. The van der Waals surface area contributed by atoms with Gasteiger partial charge in [-0.3, -0.25) is 13.6 Å². The number of unbranched alkanes of at least 4 members (excludes halogenated alkanes) is 10. The van der Waals surface area contributed by atoms with Gasteiger partial charge in [0.05, 0.1) is 152 Å². The van der Waals surface area contributed by atoms with Crippen molar-refractivity contribution in [3.8, 4) is 34.5 Å². The first-order chi connectivity index (χ1) is 68.4. The van der Waals surface area contributed by atoms with Crippen molar-refractivity contribution in [2.45, 2.75) is 226 Å². The second-order valence-corrected chi connectivity index (χ2v) is 44.9. The van der Waals surface area contributed by atoms with Crippen LogP contribution >= 0.6 is 159 Å². The third-order valence-corrected chi connectivity index (χ3v) is 26.6. The van der Waals surface area contributed by atoms with E-state index in [1.54, 1.807) is 0 Å². The molecule has 144 heavy (non-hydrogen) atoms. The molecule has 42 heteroatoms. The van der Waals surface area contributed by atoms with Crippen LogP contribution in [0.15, 0.2) is 207 Å². The van der Waals surface area contributed by atoms with Gasteiger partial charge in [0, 0.05) is 0 Å². The van der Waals surface area contributed by atoms with Gasteiger partial charge >= 0.3 is 23.5 Å².